The van der Waals surface area contributed by atoms with Crippen molar-refractivity contribution in [3.8, 4) is 0 Å². The molecule has 0 bridgehead atoms. The zero-order valence-electron chi connectivity index (χ0n) is 18.3. The van der Waals surface area contributed by atoms with E-state index in [4.69, 9.17) is 0 Å². The fraction of sp³-hybridized carbons (Fsp3) is 0.259. The predicted molar refractivity (Wildman–Crippen MR) is 132 cm³/mol. The zero-order chi connectivity index (χ0) is 22.0. The molecule has 0 spiro atoms. The van der Waals surface area contributed by atoms with E-state index in [1.54, 1.807) is 6.21 Å². The van der Waals surface area contributed by atoms with Gasteiger partial charge >= 0.3 is 0 Å². The normalized spacial score (nSPS) is 14.2. The maximum absolute atomic E-state index is 12.7. The van der Waals surface area contributed by atoms with Crippen LogP contribution in [0.2, 0.25) is 0 Å². The number of nitrogens with zero attached hydrogens (tertiary/aromatic N) is 1. The van der Waals surface area contributed by atoms with Crippen LogP contribution in [0.15, 0.2) is 84.0 Å². The van der Waals surface area contributed by atoms with Crippen molar-refractivity contribution in [2.45, 2.75) is 44.7 Å². The van der Waals surface area contributed by atoms with Crippen LogP contribution in [0, 0.1) is 0 Å². The lowest BCUT2D eigenvalue weighted by molar-refractivity contribution is 0.0955. The van der Waals surface area contributed by atoms with Crippen LogP contribution in [0.1, 0.15) is 53.6 Å². The van der Waals surface area contributed by atoms with Gasteiger partial charge in [0.2, 0.25) is 0 Å². The second-order valence-corrected chi connectivity index (χ2v) is 8.19. The third-order valence-corrected chi connectivity index (χ3v) is 5.75. The summed E-state index contributed by atoms with van der Waals surface area (Å²) in [4.78, 5) is 12.7. The van der Waals surface area contributed by atoms with E-state index in [0.29, 0.717) is 18.2 Å². The van der Waals surface area contributed by atoms with Crippen molar-refractivity contribution in [1.29, 1.82) is 0 Å². The molecule has 1 saturated carbocycles. The first-order chi connectivity index (χ1) is 15.8. The molecule has 1 aliphatic rings. The van der Waals surface area contributed by atoms with Gasteiger partial charge in [0, 0.05) is 18.2 Å². The largest absolute Gasteiger partial charge is 0.381 e. The molecule has 0 radical (unpaired) electrons. The first-order valence-corrected chi connectivity index (χ1v) is 11.3. The summed E-state index contributed by atoms with van der Waals surface area (Å²) in [6.07, 6.45) is 7.88. The van der Waals surface area contributed by atoms with Crippen molar-refractivity contribution in [2.75, 3.05) is 10.6 Å². The van der Waals surface area contributed by atoms with Crippen LogP contribution in [-0.4, -0.2) is 18.2 Å². The molecule has 3 aromatic carbocycles. The molecule has 0 unspecified atom stereocenters. The fourth-order valence-corrected chi connectivity index (χ4v) is 3.99. The van der Waals surface area contributed by atoms with E-state index in [0.717, 1.165) is 16.9 Å². The lowest BCUT2D eigenvalue weighted by atomic mass is 9.95. The molecule has 164 valence electrons. The summed E-state index contributed by atoms with van der Waals surface area (Å²) in [6.45, 7) is 0.692. The summed E-state index contributed by atoms with van der Waals surface area (Å²) in [5.74, 6) is -0.232. The van der Waals surface area contributed by atoms with Gasteiger partial charge in [0.1, 0.15) is 0 Å². The fourth-order valence-electron chi connectivity index (χ4n) is 3.99. The quantitative estimate of drug-likeness (QED) is 0.315. The molecule has 3 N–H and O–H groups in total. The third kappa shape index (κ3) is 6.20. The number of carbonyl (C=O) groups is 1. The maximum atomic E-state index is 12.7. The van der Waals surface area contributed by atoms with E-state index < -0.39 is 0 Å². The minimum atomic E-state index is -0.232. The molecule has 5 nitrogen and oxygen atoms in total. The second kappa shape index (κ2) is 11.1. The number of anilines is 2. The number of hydrogen-bond donors (Lipinski definition) is 3. The number of amides is 1. The molecule has 0 atom stereocenters. The second-order valence-electron chi connectivity index (χ2n) is 8.19. The van der Waals surface area contributed by atoms with Crippen LogP contribution in [0.3, 0.4) is 0 Å². The van der Waals surface area contributed by atoms with Gasteiger partial charge in [0.05, 0.1) is 17.6 Å². The van der Waals surface area contributed by atoms with Gasteiger partial charge in [-0.1, -0.05) is 79.9 Å². The van der Waals surface area contributed by atoms with Gasteiger partial charge in [-0.15, -0.1) is 0 Å². The van der Waals surface area contributed by atoms with Crippen LogP contribution >= 0.6 is 0 Å². The third-order valence-electron chi connectivity index (χ3n) is 5.75. The number of carbonyl (C=O) groups excluding carboxylic acids is 1. The number of hydrazone groups is 1. The molecule has 1 aliphatic carbocycles. The Morgan fingerprint density at radius 2 is 1.59 bits per heavy atom. The summed E-state index contributed by atoms with van der Waals surface area (Å²) >= 11 is 0. The predicted octanol–water partition coefficient (Wildman–Crippen LogP) is 5.81. The molecule has 3 aromatic rings. The number of hydrogen-bond acceptors (Lipinski definition) is 4. The van der Waals surface area contributed by atoms with Gasteiger partial charge in [-0.3, -0.25) is 4.79 Å². The van der Waals surface area contributed by atoms with Crippen molar-refractivity contribution >= 4 is 23.5 Å². The van der Waals surface area contributed by atoms with Gasteiger partial charge < -0.3 is 10.6 Å². The Morgan fingerprint density at radius 3 is 2.34 bits per heavy atom. The molecule has 1 amide bonds. The number of rotatable bonds is 8. The zero-order valence-corrected chi connectivity index (χ0v) is 18.3. The van der Waals surface area contributed by atoms with Gasteiger partial charge in [-0.05, 0) is 42.2 Å². The standard InChI is InChI=1S/C27H30N4O/c32-27(31-29-20-22-12-6-2-7-13-22)23-16-17-25(30-24-14-8-3-9-15-24)26(18-23)28-19-21-10-4-1-5-11-21/h1-2,4-7,10-13,16-18,20,24,28,30H,3,8-9,14-15,19H2,(H,31,32)/b29-20+. The van der Waals surface area contributed by atoms with E-state index in [-0.39, 0.29) is 5.91 Å². The highest BCUT2D eigenvalue weighted by Crippen LogP contribution is 2.28. The average Bonchev–Trinajstić information content (AvgIpc) is 2.85. The minimum Gasteiger partial charge on any atom is -0.381 e. The Balaban J connectivity index is 1.48. The van der Waals surface area contributed by atoms with Crippen LogP contribution in [0.5, 0.6) is 0 Å². The summed E-state index contributed by atoms with van der Waals surface area (Å²) in [7, 11) is 0. The smallest absolute Gasteiger partial charge is 0.271 e. The Hall–Kier alpha value is -3.60. The molecular formula is C27H30N4O. The van der Waals surface area contributed by atoms with Gasteiger partial charge in [0.15, 0.2) is 0 Å². The summed E-state index contributed by atoms with van der Waals surface area (Å²) in [5.41, 5.74) is 7.30. The van der Waals surface area contributed by atoms with E-state index in [1.165, 1.54) is 37.7 Å². The Bertz CT molecular complexity index is 1030. The van der Waals surface area contributed by atoms with Gasteiger partial charge in [0.25, 0.3) is 5.91 Å². The van der Waals surface area contributed by atoms with Crippen LogP contribution < -0.4 is 16.1 Å². The van der Waals surface area contributed by atoms with E-state index >= 15 is 0 Å². The molecule has 5 heteroatoms. The Kier molecular flexibility index (Phi) is 7.53. The number of nitrogens with one attached hydrogen (secondary N) is 3. The first-order valence-electron chi connectivity index (χ1n) is 11.3. The Labute approximate surface area is 190 Å². The summed E-state index contributed by atoms with van der Waals surface area (Å²) in [5, 5.41) is 11.3. The highest BCUT2D eigenvalue weighted by atomic mass is 16.2. The molecule has 0 aliphatic heterocycles. The average molecular weight is 427 g/mol. The van der Waals surface area contributed by atoms with Crippen molar-refractivity contribution < 1.29 is 4.79 Å². The topological polar surface area (TPSA) is 65.5 Å². The lowest BCUT2D eigenvalue weighted by Gasteiger charge is -2.25. The van der Waals surface area contributed by atoms with Crippen molar-refractivity contribution in [1.82, 2.24) is 5.43 Å². The maximum Gasteiger partial charge on any atom is 0.271 e. The van der Waals surface area contributed by atoms with Crippen LogP contribution in [0.25, 0.3) is 0 Å². The van der Waals surface area contributed by atoms with Crippen molar-refractivity contribution in [3.63, 3.8) is 0 Å². The van der Waals surface area contributed by atoms with Crippen LogP contribution in [0.4, 0.5) is 11.4 Å². The molecule has 0 saturated heterocycles. The monoisotopic (exact) mass is 426 g/mol. The van der Waals surface area contributed by atoms with E-state index in [1.807, 2.05) is 66.7 Å². The highest BCUT2D eigenvalue weighted by molar-refractivity contribution is 5.97. The van der Waals surface area contributed by atoms with E-state index in [2.05, 4.69) is 33.3 Å². The summed E-state index contributed by atoms with van der Waals surface area (Å²) in [6, 6.07) is 26.2. The van der Waals surface area contributed by atoms with Crippen molar-refractivity contribution in [3.05, 3.63) is 95.6 Å². The minimum absolute atomic E-state index is 0.232. The first kappa shape index (κ1) is 21.6. The lowest BCUT2D eigenvalue weighted by Crippen LogP contribution is -2.23. The van der Waals surface area contributed by atoms with Gasteiger partial charge in [-0.2, -0.15) is 5.10 Å². The molecule has 0 heterocycles. The number of benzene rings is 3. The molecule has 32 heavy (non-hydrogen) atoms. The van der Waals surface area contributed by atoms with Crippen LogP contribution in [-0.2, 0) is 6.54 Å². The summed E-state index contributed by atoms with van der Waals surface area (Å²) < 4.78 is 0. The van der Waals surface area contributed by atoms with Crippen molar-refractivity contribution in [2.24, 2.45) is 5.10 Å². The SMILES string of the molecule is O=C(N/N=C/c1ccccc1)c1ccc(NC2CCCCC2)c(NCc2ccccc2)c1. The van der Waals surface area contributed by atoms with Gasteiger partial charge in [-0.25, -0.2) is 5.43 Å². The van der Waals surface area contributed by atoms with E-state index in [9.17, 15) is 4.79 Å². The molecule has 4 rings (SSSR count). The molecular weight excluding hydrogens is 396 g/mol. The molecule has 1 fully saturated rings. The highest BCUT2D eigenvalue weighted by Gasteiger charge is 2.16. The molecule has 0 aromatic heterocycles. The Morgan fingerprint density at radius 1 is 0.875 bits per heavy atom.